The van der Waals surface area contributed by atoms with E-state index in [0.717, 1.165) is 32.6 Å². The SMILES string of the molecule is CC(C(=O)NN)C(C)N(C)CC1CCOCC1. The molecule has 0 aromatic rings. The largest absolute Gasteiger partial charge is 0.381 e. The molecule has 1 rings (SSSR count). The van der Waals surface area contributed by atoms with Crippen LogP contribution in [0.2, 0.25) is 0 Å². The van der Waals surface area contributed by atoms with Crippen molar-refractivity contribution in [3.05, 3.63) is 0 Å². The maximum absolute atomic E-state index is 11.5. The predicted molar refractivity (Wildman–Crippen MR) is 67.1 cm³/mol. The Bertz CT molecular complexity index is 242. The number of nitrogens with two attached hydrogens (primary N) is 1. The summed E-state index contributed by atoms with van der Waals surface area (Å²) in [5.41, 5.74) is 2.22. The fraction of sp³-hybridized carbons (Fsp3) is 0.917. The van der Waals surface area contributed by atoms with Gasteiger partial charge in [0.15, 0.2) is 0 Å². The van der Waals surface area contributed by atoms with Crippen LogP contribution in [-0.2, 0) is 9.53 Å². The van der Waals surface area contributed by atoms with Gasteiger partial charge in [0, 0.05) is 25.8 Å². The van der Waals surface area contributed by atoms with Gasteiger partial charge < -0.3 is 9.64 Å². The number of nitrogens with zero attached hydrogens (tertiary/aromatic N) is 1. The Hall–Kier alpha value is -0.650. The number of carbonyl (C=O) groups is 1. The van der Waals surface area contributed by atoms with Crippen molar-refractivity contribution in [1.82, 2.24) is 10.3 Å². The topological polar surface area (TPSA) is 67.6 Å². The van der Waals surface area contributed by atoms with Gasteiger partial charge in [-0.25, -0.2) is 5.84 Å². The third-order valence-corrected chi connectivity index (χ3v) is 3.86. The maximum atomic E-state index is 11.5. The number of hydrogen-bond acceptors (Lipinski definition) is 4. The van der Waals surface area contributed by atoms with Crippen molar-refractivity contribution in [1.29, 1.82) is 0 Å². The Balaban J connectivity index is 2.39. The molecule has 0 aromatic heterocycles. The molecule has 0 radical (unpaired) electrons. The van der Waals surface area contributed by atoms with E-state index in [-0.39, 0.29) is 17.9 Å². The van der Waals surface area contributed by atoms with Crippen LogP contribution in [-0.4, -0.2) is 43.7 Å². The van der Waals surface area contributed by atoms with Crippen LogP contribution in [0.25, 0.3) is 0 Å². The third kappa shape index (κ3) is 4.26. The lowest BCUT2D eigenvalue weighted by atomic mass is 9.96. The monoisotopic (exact) mass is 243 g/mol. The zero-order valence-corrected chi connectivity index (χ0v) is 11.1. The van der Waals surface area contributed by atoms with Crippen molar-refractivity contribution < 1.29 is 9.53 Å². The molecular weight excluding hydrogens is 218 g/mol. The highest BCUT2D eigenvalue weighted by atomic mass is 16.5. The van der Waals surface area contributed by atoms with E-state index < -0.39 is 0 Å². The maximum Gasteiger partial charge on any atom is 0.238 e. The summed E-state index contributed by atoms with van der Waals surface area (Å²) in [4.78, 5) is 13.7. The number of rotatable bonds is 5. The number of hydrogen-bond donors (Lipinski definition) is 2. The molecule has 1 heterocycles. The summed E-state index contributed by atoms with van der Waals surface area (Å²) in [6.45, 7) is 6.73. The molecule has 5 nitrogen and oxygen atoms in total. The lowest BCUT2D eigenvalue weighted by molar-refractivity contribution is -0.126. The van der Waals surface area contributed by atoms with E-state index in [4.69, 9.17) is 10.6 Å². The Morgan fingerprint density at radius 2 is 2.06 bits per heavy atom. The minimum atomic E-state index is -0.101. The van der Waals surface area contributed by atoms with E-state index in [2.05, 4.69) is 24.3 Å². The van der Waals surface area contributed by atoms with Gasteiger partial charge in [0.05, 0.1) is 5.92 Å². The molecule has 2 atom stereocenters. The Kier molecular flexibility index (Phi) is 5.88. The second-order valence-corrected chi connectivity index (χ2v) is 5.03. The van der Waals surface area contributed by atoms with Crippen LogP contribution in [0.15, 0.2) is 0 Å². The predicted octanol–water partition coefficient (Wildman–Crippen LogP) is 0.359. The Morgan fingerprint density at radius 1 is 1.47 bits per heavy atom. The molecule has 100 valence electrons. The number of carbonyl (C=O) groups excluding carboxylic acids is 1. The van der Waals surface area contributed by atoms with Gasteiger partial charge in [-0.15, -0.1) is 0 Å². The third-order valence-electron chi connectivity index (χ3n) is 3.86. The second-order valence-electron chi connectivity index (χ2n) is 5.03. The van der Waals surface area contributed by atoms with Gasteiger partial charge in [-0.2, -0.15) is 0 Å². The molecule has 0 aromatic carbocycles. The van der Waals surface area contributed by atoms with Crippen LogP contribution < -0.4 is 11.3 Å². The summed E-state index contributed by atoms with van der Waals surface area (Å²) in [5, 5.41) is 0. The molecule has 1 aliphatic rings. The van der Waals surface area contributed by atoms with Crippen LogP contribution in [0.4, 0.5) is 0 Å². The highest BCUT2D eigenvalue weighted by Gasteiger charge is 2.25. The molecule has 0 aliphatic carbocycles. The molecule has 1 aliphatic heterocycles. The van der Waals surface area contributed by atoms with Crippen molar-refractivity contribution in [3.63, 3.8) is 0 Å². The van der Waals surface area contributed by atoms with Crippen molar-refractivity contribution >= 4 is 5.91 Å². The molecule has 0 saturated carbocycles. The molecule has 17 heavy (non-hydrogen) atoms. The summed E-state index contributed by atoms with van der Waals surface area (Å²) in [6, 6.07) is 0.196. The molecule has 2 unspecified atom stereocenters. The minimum Gasteiger partial charge on any atom is -0.381 e. The van der Waals surface area contributed by atoms with Gasteiger partial charge >= 0.3 is 0 Å². The normalized spacial score (nSPS) is 21.2. The first-order chi connectivity index (χ1) is 8.06. The zero-order chi connectivity index (χ0) is 12.8. The summed E-state index contributed by atoms with van der Waals surface area (Å²) >= 11 is 0. The number of amides is 1. The molecule has 1 amide bonds. The van der Waals surface area contributed by atoms with Crippen molar-refractivity contribution in [3.8, 4) is 0 Å². The number of hydrazine groups is 1. The molecule has 5 heteroatoms. The molecule has 0 bridgehead atoms. The average Bonchev–Trinajstić information content (AvgIpc) is 2.37. The van der Waals surface area contributed by atoms with Gasteiger partial charge in [-0.1, -0.05) is 6.92 Å². The highest BCUT2D eigenvalue weighted by molar-refractivity contribution is 5.78. The standard InChI is InChI=1S/C12H25N3O2/c1-9(12(16)14-13)10(2)15(3)8-11-4-6-17-7-5-11/h9-11H,4-8,13H2,1-3H3,(H,14,16). The van der Waals surface area contributed by atoms with E-state index in [9.17, 15) is 4.79 Å². The van der Waals surface area contributed by atoms with Crippen LogP contribution in [0, 0.1) is 11.8 Å². The first-order valence-electron chi connectivity index (χ1n) is 6.34. The summed E-state index contributed by atoms with van der Waals surface area (Å²) in [5.74, 6) is 5.65. The van der Waals surface area contributed by atoms with E-state index in [1.54, 1.807) is 0 Å². The van der Waals surface area contributed by atoms with Gasteiger partial charge in [0.1, 0.15) is 0 Å². The number of nitrogens with one attached hydrogen (secondary N) is 1. The lowest BCUT2D eigenvalue weighted by Crippen LogP contribution is -2.46. The summed E-state index contributed by atoms with van der Waals surface area (Å²) in [7, 11) is 2.07. The Morgan fingerprint density at radius 3 is 2.59 bits per heavy atom. The first-order valence-corrected chi connectivity index (χ1v) is 6.34. The second kappa shape index (κ2) is 6.93. The quantitative estimate of drug-likeness (QED) is 0.415. The number of ether oxygens (including phenoxy) is 1. The van der Waals surface area contributed by atoms with Gasteiger partial charge in [-0.05, 0) is 32.7 Å². The molecule has 3 N–H and O–H groups in total. The fourth-order valence-electron chi connectivity index (χ4n) is 2.23. The van der Waals surface area contributed by atoms with Gasteiger partial charge in [-0.3, -0.25) is 10.2 Å². The molecule has 0 spiro atoms. The zero-order valence-electron chi connectivity index (χ0n) is 11.1. The van der Waals surface area contributed by atoms with E-state index >= 15 is 0 Å². The van der Waals surface area contributed by atoms with Crippen molar-refractivity contribution in [2.24, 2.45) is 17.7 Å². The van der Waals surface area contributed by atoms with Crippen LogP contribution >= 0.6 is 0 Å². The lowest BCUT2D eigenvalue weighted by Gasteiger charge is -2.33. The first kappa shape index (κ1) is 14.4. The Labute approximate surface area is 104 Å². The van der Waals surface area contributed by atoms with Crippen LogP contribution in [0.1, 0.15) is 26.7 Å². The van der Waals surface area contributed by atoms with Crippen LogP contribution in [0.3, 0.4) is 0 Å². The van der Waals surface area contributed by atoms with Gasteiger partial charge in [0.2, 0.25) is 5.91 Å². The van der Waals surface area contributed by atoms with Crippen LogP contribution in [0.5, 0.6) is 0 Å². The van der Waals surface area contributed by atoms with Gasteiger partial charge in [0.25, 0.3) is 0 Å². The minimum absolute atomic E-state index is 0.0927. The molecular formula is C12H25N3O2. The van der Waals surface area contributed by atoms with E-state index in [1.165, 1.54) is 0 Å². The smallest absolute Gasteiger partial charge is 0.238 e. The fourth-order valence-corrected chi connectivity index (χ4v) is 2.23. The summed E-state index contributed by atoms with van der Waals surface area (Å²) < 4.78 is 5.35. The summed E-state index contributed by atoms with van der Waals surface area (Å²) in [6.07, 6.45) is 2.24. The van der Waals surface area contributed by atoms with E-state index in [0.29, 0.717) is 5.92 Å². The average molecular weight is 243 g/mol. The van der Waals surface area contributed by atoms with Crippen molar-refractivity contribution in [2.45, 2.75) is 32.7 Å². The molecule has 1 fully saturated rings. The van der Waals surface area contributed by atoms with E-state index in [1.807, 2.05) is 6.92 Å². The molecule has 1 saturated heterocycles. The van der Waals surface area contributed by atoms with Crippen molar-refractivity contribution in [2.75, 3.05) is 26.8 Å². The highest BCUT2D eigenvalue weighted by Crippen LogP contribution is 2.18.